The minimum Gasteiger partial charge on any atom is -0.325 e. The van der Waals surface area contributed by atoms with E-state index in [1.54, 1.807) is 36.4 Å². The molecule has 0 spiro atoms. The van der Waals surface area contributed by atoms with Gasteiger partial charge in [0.05, 0.1) is 4.90 Å². The lowest BCUT2D eigenvalue weighted by Crippen LogP contribution is -2.39. The van der Waals surface area contributed by atoms with Gasteiger partial charge in [0.25, 0.3) is 0 Å². The number of hydrogen-bond acceptors (Lipinski definition) is 4. The molecular formula is C25H26N2O3S. The smallest absolute Gasteiger partial charge is 0.247 e. The molecule has 0 bridgehead atoms. The first kappa shape index (κ1) is 22.5. The topological polar surface area (TPSA) is 75.3 Å². The Hall–Kier alpha value is -3.22. The minimum atomic E-state index is -3.98. The van der Waals surface area contributed by atoms with Crippen LogP contribution in [0.3, 0.4) is 0 Å². The molecule has 0 heterocycles. The van der Waals surface area contributed by atoms with Crippen molar-refractivity contribution in [2.45, 2.75) is 23.6 Å². The van der Waals surface area contributed by atoms with Crippen molar-refractivity contribution in [3.8, 4) is 0 Å². The number of amides is 1. The molecule has 6 heteroatoms. The van der Waals surface area contributed by atoms with Gasteiger partial charge in [0.2, 0.25) is 5.91 Å². The van der Waals surface area contributed by atoms with Crippen LogP contribution in [-0.4, -0.2) is 26.1 Å². The van der Waals surface area contributed by atoms with Gasteiger partial charge in [0.15, 0.2) is 15.1 Å². The van der Waals surface area contributed by atoms with Crippen LogP contribution >= 0.6 is 0 Å². The maximum atomic E-state index is 13.4. The summed E-state index contributed by atoms with van der Waals surface area (Å²) in [7, 11) is -3.98. The summed E-state index contributed by atoms with van der Waals surface area (Å²) in [5.74, 6) is -0.627. The van der Waals surface area contributed by atoms with E-state index < -0.39 is 21.0 Å². The highest BCUT2D eigenvalue weighted by Gasteiger charge is 2.36. The van der Waals surface area contributed by atoms with E-state index in [0.717, 1.165) is 11.1 Å². The summed E-state index contributed by atoms with van der Waals surface area (Å²) < 4.78 is 26.8. The van der Waals surface area contributed by atoms with E-state index in [1.165, 1.54) is 12.1 Å². The van der Waals surface area contributed by atoms with Crippen molar-refractivity contribution in [1.29, 1.82) is 0 Å². The molecule has 3 aromatic carbocycles. The second-order valence-corrected chi connectivity index (χ2v) is 9.37. The zero-order valence-electron chi connectivity index (χ0n) is 17.4. The maximum absolute atomic E-state index is 13.4. The molecule has 0 radical (unpaired) electrons. The molecule has 0 saturated heterocycles. The fourth-order valence-electron chi connectivity index (χ4n) is 3.20. The Balaban J connectivity index is 1.83. The maximum Gasteiger partial charge on any atom is 0.247 e. The van der Waals surface area contributed by atoms with E-state index in [4.69, 9.17) is 0 Å². The lowest BCUT2D eigenvalue weighted by molar-refractivity contribution is -0.115. The van der Waals surface area contributed by atoms with Crippen LogP contribution in [0.2, 0.25) is 0 Å². The number of benzene rings is 3. The number of aryl methyl sites for hydroxylation is 1. The summed E-state index contributed by atoms with van der Waals surface area (Å²) in [4.78, 5) is 13.2. The lowest BCUT2D eigenvalue weighted by atomic mass is 10.1. The van der Waals surface area contributed by atoms with Crippen LogP contribution in [0.25, 0.3) is 0 Å². The molecular weight excluding hydrogens is 408 g/mol. The van der Waals surface area contributed by atoms with Crippen LogP contribution in [0.4, 0.5) is 5.69 Å². The van der Waals surface area contributed by atoms with Gasteiger partial charge in [-0.15, -0.1) is 0 Å². The summed E-state index contributed by atoms with van der Waals surface area (Å²) in [6.07, 6.45) is 0. The molecule has 0 aliphatic heterocycles. The number of para-hydroxylation sites is 1. The van der Waals surface area contributed by atoms with Crippen molar-refractivity contribution in [2.75, 3.05) is 11.9 Å². The van der Waals surface area contributed by atoms with Crippen molar-refractivity contribution in [3.05, 3.63) is 108 Å². The molecule has 1 atom stereocenters. The number of nitrogens with one attached hydrogen (secondary N) is 2. The molecule has 5 nitrogen and oxygen atoms in total. The predicted octanol–water partition coefficient (Wildman–Crippen LogP) is 4.12. The number of carbonyl (C=O) groups is 1. The van der Waals surface area contributed by atoms with Gasteiger partial charge in [-0.05, 0) is 42.3 Å². The first-order chi connectivity index (χ1) is 14.9. The van der Waals surface area contributed by atoms with Crippen molar-refractivity contribution in [3.63, 3.8) is 0 Å². The van der Waals surface area contributed by atoms with E-state index in [0.29, 0.717) is 12.2 Å². The van der Waals surface area contributed by atoms with E-state index in [2.05, 4.69) is 17.2 Å². The van der Waals surface area contributed by atoms with Gasteiger partial charge in [0, 0.05) is 18.8 Å². The Labute approximate surface area is 183 Å². The Kier molecular flexibility index (Phi) is 7.39. The quantitative estimate of drug-likeness (QED) is 0.497. The number of anilines is 1. The van der Waals surface area contributed by atoms with Crippen molar-refractivity contribution in [2.24, 2.45) is 0 Å². The van der Waals surface area contributed by atoms with Crippen LogP contribution < -0.4 is 10.6 Å². The molecule has 0 saturated carbocycles. The predicted molar refractivity (Wildman–Crippen MR) is 125 cm³/mol. The summed E-state index contributed by atoms with van der Waals surface area (Å²) in [5, 5.41) is 4.48. The number of hydrogen-bond donors (Lipinski definition) is 2. The lowest BCUT2D eigenvalue weighted by Gasteiger charge is -2.20. The van der Waals surface area contributed by atoms with Gasteiger partial charge in [-0.3, -0.25) is 4.79 Å². The van der Waals surface area contributed by atoms with E-state index in [-0.39, 0.29) is 17.0 Å². The Morgan fingerprint density at radius 2 is 1.48 bits per heavy atom. The molecule has 160 valence electrons. The van der Waals surface area contributed by atoms with Crippen molar-refractivity contribution < 1.29 is 13.2 Å². The second kappa shape index (κ2) is 10.2. The third kappa shape index (κ3) is 5.90. The molecule has 3 rings (SSSR count). The molecule has 0 aliphatic rings. The molecule has 1 unspecified atom stereocenters. The van der Waals surface area contributed by atoms with Crippen LogP contribution in [0.15, 0.2) is 102 Å². The largest absolute Gasteiger partial charge is 0.325 e. The van der Waals surface area contributed by atoms with Crippen molar-refractivity contribution >= 4 is 21.4 Å². The highest BCUT2D eigenvalue weighted by molar-refractivity contribution is 7.93. The summed E-state index contributed by atoms with van der Waals surface area (Å²) in [6, 6.07) is 25.0. The van der Waals surface area contributed by atoms with Gasteiger partial charge < -0.3 is 10.6 Å². The van der Waals surface area contributed by atoms with Gasteiger partial charge >= 0.3 is 0 Å². The zero-order valence-corrected chi connectivity index (χ0v) is 18.2. The number of sulfone groups is 1. The van der Waals surface area contributed by atoms with Crippen molar-refractivity contribution in [1.82, 2.24) is 5.32 Å². The molecule has 0 aliphatic carbocycles. The molecule has 1 amide bonds. The highest BCUT2D eigenvalue weighted by Crippen LogP contribution is 2.23. The summed E-state index contributed by atoms with van der Waals surface area (Å²) >= 11 is 0. The van der Waals surface area contributed by atoms with Crippen LogP contribution in [0.1, 0.15) is 11.1 Å². The Morgan fingerprint density at radius 3 is 2.10 bits per heavy atom. The first-order valence-electron chi connectivity index (χ1n) is 9.97. The standard InChI is InChI=1S/C25H26N2O3S/c1-19-13-15-23(16-14-19)31(29,30)24(25(28)27-22-11-7-4-8-12-22)20(2)17-26-18-21-9-5-3-6-10-21/h3-16,24,26H,2,17-18H2,1H3,(H,27,28). The minimum absolute atomic E-state index is 0.0931. The van der Waals surface area contributed by atoms with Gasteiger partial charge in [-0.1, -0.05) is 72.8 Å². The number of carbonyl (C=O) groups excluding carboxylic acids is 1. The fourth-order valence-corrected chi connectivity index (χ4v) is 4.85. The van der Waals surface area contributed by atoms with Crippen LogP contribution in [0, 0.1) is 6.92 Å². The highest BCUT2D eigenvalue weighted by atomic mass is 32.2. The third-order valence-electron chi connectivity index (χ3n) is 4.83. The first-order valence-corrected chi connectivity index (χ1v) is 11.5. The van der Waals surface area contributed by atoms with E-state index in [9.17, 15) is 13.2 Å². The normalized spacial score (nSPS) is 12.2. The molecule has 31 heavy (non-hydrogen) atoms. The molecule has 0 aromatic heterocycles. The third-order valence-corrected chi connectivity index (χ3v) is 6.93. The average Bonchev–Trinajstić information content (AvgIpc) is 2.75. The Morgan fingerprint density at radius 1 is 0.903 bits per heavy atom. The fraction of sp³-hybridized carbons (Fsp3) is 0.160. The van der Waals surface area contributed by atoms with Gasteiger partial charge in [-0.25, -0.2) is 8.42 Å². The van der Waals surface area contributed by atoms with Gasteiger partial charge in [-0.2, -0.15) is 0 Å². The number of rotatable bonds is 9. The average molecular weight is 435 g/mol. The molecule has 3 aromatic rings. The molecule has 2 N–H and O–H groups in total. The van der Waals surface area contributed by atoms with E-state index in [1.807, 2.05) is 43.3 Å². The second-order valence-electron chi connectivity index (χ2n) is 7.34. The Bertz CT molecular complexity index is 1130. The SMILES string of the molecule is C=C(CNCc1ccccc1)C(C(=O)Nc1ccccc1)S(=O)(=O)c1ccc(C)cc1. The monoisotopic (exact) mass is 434 g/mol. The zero-order chi connectivity index (χ0) is 22.3. The van der Waals surface area contributed by atoms with Crippen LogP contribution in [-0.2, 0) is 21.2 Å². The van der Waals surface area contributed by atoms with Crippen LogP contribution in [0.5, 0.6) is 0 Å². The summed E-state index contributed by atoms with van der Waals surface area (Å²) in [6.45, 7) is 6.56. The van der Waals surface area contributed by atoms with Gasteiger partial charge in [0.1, 0.15) is 0 Å². The molecule has 0 fully saturated rings. The summed E-state index contributed by atoms with van der Waals surface area (Å²) in [5.41, 5.74) is 2.81. The van der Waals surface area contributed by atoms with E-state index >= 15 is 0 Å².